The Morgan fingerprint density at radius 3 is 2.71 bits per heavy atom. The molecule has 2 aliphatic rings. The summed E-state index contributed by atoms with van der Waals surface area (Å²) in [6.45, 7) is 2.49. The monoisotopic (exact) mass is 439 g/mol. The molecular weight excluding hydrogens is 417 g/mol. The Morgan fingerprint density at radius 2 is 1.90 bits per heavy atom. The van der Waals surface area contributed by atoms with E-state index in [1.165, 1.54) is 23.5 Å². The van der Waals surface area contributed by atoms with Crippen molar-refractivity contribution in [2.75, 3.05) is 26.4 Å². The van der Waals surface area contributed by atoms with Gasteiger partial charge in [0.15, 0.2) is 11.5 Å². The third-order valence-corrected chi connectivity index (χ3v) is 6.02. The summed E-state index contributed by atoms with van der Waals surface area (Å²) < 4.78 is 32.2. The van der Waals surface area contributed by atoms with Gasteiger partial charge >= 0.3 is 0 Å². The predicted octanol–water partition coefficient (Wildman–Crippen LogP) is 4.09. The van der Waals surface area contributed by atoms with Gasteiger partial charge in [-0.05, 0) is 60.9 Å². The highest BCUT2D eigenvalue weighted by Crippen LogP contribution is 2.30. The summed E-state index contributed by atoms with van der Waals surface area (Å²) in [5.74, 6) is 1.19. The van der Waals surface area contributed by atoms with Crippen molar-refractivity contribution >= 4 is 17.6 Å². The Kier molecular flexibility index (Phi) is 5.82. The zero-order valence-electron chi connectivity index (χ0n) is 16.9. The molecule has 5 rings (SSSR count). The molecular formula is C23H22FN3O3S. The Hall–Kier alpha value is -2.97. The van der Waals surface area contributed by atoms with Gasteiger partial charge in [-0.15, -0.1) is 11.3 Å². The maximum atomic E-state index is 13.4. The van der Waals surface area contributed by atoms with E-state index in [2.05, 4.69) is 0 Å². The Labute approximate surface area is 183 Å². The Bertz CT molecular complexity index is 1150. The number of rotatable bonds is 5. The van der Waals surface area contributed by atoms with Crippen LogP contribution in [0.4, 0.5) is 4.39 Å². The van der Waals surface area contributed by atoms with E-state index in [0.29, 0.717) is 25.5 Å². The van der Waals surface area contributed by atoms with E-state index in [4.69, 9.17) is 24.3 Å². The largest absolute Gasteiger partial charge is 0.486 e. The second-order valence-electron chi connectivity index (χ2n) is 7.35. The van der Waals surface area contributed by atoms with Crippen LogP contribution in [-0.4, -0.2) is 43.4 Å². The first kappa shape index (κ1) is 20.0. The van der Waals surface area contributed by atoms with E-state index in [-0.39, 0.29) is 11.9 Å². The van der Waals surface area contributed by atoms with Crippen LogP contribution in [0.2, 0.25) is 0 Å². The second-order valence-corrected chi connectivity index (χ2v) is 8.18. The molecule has 1 fully saturated rings. The average molecular weight is 440 g/mol. The lowest BCUT2D eigenvalue weighted by molar-refractivity contribution is 0.117. The van der Waals surface area contributed by atoms with Gasteiger partial charge in [-0.3, -0.25) is 4.99 Å². The molecule has 8 heteroatoms. The van der Waals surface area contributed by atoms with Crippen molar-refractivity contribution in [3.05, 3.63) is 64.0 Å². The molecule has 3 aromatic rings. The van der Waals surface area contributed by atoms with E-state index in [9.17, 15) is 4.39 Å². The SMILES string of the molecule is Fc1ccc(-c2csc(=NCC3CCCO3)n2/N=C/c2ccc3c(c2)OCCO3)cc1. The molecule has 1 atom stereocenters. The number of nitrogens with zero attached hydrogens (tertiary/aromatic N) is 3. The highest BCUT2D eigenvalue weighted by atomic mass is 32.1. The molecule has 0 radical (unpaired) electrons. The van der Waals surface area contributed by atoms with Crippen LogP contribution in [0.3, 0.4) is 0 Å². The van der Waals surface area contributed by atoms with Crippen LogP contribution in [-0.2, 0) is 4.74 Å². The van der Waals surface area contributed by atoms with Gasteiger partial charge in [0.25, 0.3) is 0 Å². The van der Waals surface area contributed by atoms with Crippen molar-refractivity contribution in [3.63, 3.8) is 0 Å². The molecule has 2 aliphatic heterocycles. The summed E-state index contributed by atoms with van der Waals surface area (Å²) in [6, 6.07) is 12.1. The molecule has 0 saturated carbocycles. The Balaban J connectivity index is 1.49. The number of hydrogen-bond acceptors (Lipinski definition) is 6. The van der Waals surface area contributed by atoms with Crippen LogP contribution < -0.4 is 14.3 Å². The molecule has 0 bridgehead atoms. The normalized spacial score (nSPS) is 18.7. The topological polar surface area (TPSA) is 57.3 Å². The first-order valence-corrected chi connectivity index (χ1v) is 11.2. The zero-order chi connectivity index (χ0) is 21.0. The van der Waals surface area contributed by atoms with Gasteiger partial charge in [-0.2, -0.15) is 5.10 Å². The van der Waals surface area contributed by atoms with Crippen molar-refractivity contribution in [2.24, 2.45) is 10.1 Å². The van der Waals surface area contributed by atoms with E-state index >= 15 is 0 Å². The minimum Gasteiger partial charge on any atom is -0.486 e. The minimum atomic E-state index is -0.270. The average Bonchev–Trinajstić information content (AvgIpc) is 3.46. The number of benzene rings is 2. The first-order chi connectivity index (χ1) is 15.3. The van der Waals surface area contributed by atoms with Crippen LogP contribution in [0.1, 0.15) is 18.4 Å². The number of aromatic nitrogens is 1. The maximum Gasteiger partial charge on any atom is 0.206 e. The summed E-state index contributed by atoms with van der Waals surface area (Å²) in [4.78, 5) is 5.53. The minimum absolute atomic E-state index is 0.159. The van der Waals surface area contributed by atoms with Gasteiger partial charge in [0.2, 0.25) is 4.80 Å². The molecule has 1 saturated heterocycles. The second kappa shape index (κ2) is 9.03. The van der Waals surface area contributed by atoms with Gasteiger partial charge in [0.05, 0.1) is 24.6 Å². The highest BCUT2D eigenvalue weighted by molar-refractivity contribution is 7.07. The van der Waals surface area contributed by atoms with E-state index in [0.717, 1.165) is 46.8 Å². The standard InChI is InChI=1S/C23H22FN3O3S/c24-18-6-4-17(5-7-18)20-15-31-23(25-14-19-2-1-9-28-19)27(20)26-13-16-3-8-21-22(12-16)30-11-10-29-21/h3-8,12-13,15,19H,1-2,9-11,14H2/b25-23?,26-13+. The lowest BCUT2D eigenvalue weighted by Gasteiger charge is -2.18. The van der Waals surface area contributed by atoms with E-state index in [1.807, 2.05) is 23.6 Å². The molecule has 1 unspecified atom stereocenters. The first-order valence-electron chi connectivity index (χ1n) is 10.3. The fourth-order valence-electron chi connectivity index (χ4n) is 3.57. The summed E-state index contributed by atoms with van der Waals surface area (Å²) in [7, 11) is 0. The molecule has 0 N–H and O–H groups in total. The van der Waals surface area contributed by atoms with E-state index < -0.39 is 0 Å². The highest BCUT2D eigenvalue weighted by Gasteiger charge is 2.15. The maximum absolute atomic E-state index is 13.4. The molecule has 31 heavy (non-hydrogen) atoms. The number of fused-ring (bicyclic) bond motifs is 1. The smallest absolute Gasteiger partial charge is 0.206 e. The number of halogens is 1. The molecule has 2 aromatic carbocycles. The van der Waals surface area contributed by atoms with Crippen molar-refractivity contribution in [3.8, 4) is 22.8 Å². The van der Waals surface area contributed by atoms with Gasteiger partial charge in [0.1, 0.15) is 19.0 Å². The van der Waals surface area contributed by atoms with Crippen LogP contribution in [0.5, 0.6) is 11.5 Å². The van der Waals surface area contributed by atoms with Crippen molar-refractivity contribution < 1.29 is 18.6 Å². The number of thiazole rings is 1. The third-order valence-electron chi connectivity index (χ3n) is 5.17. The molecule has 0 spiro atoms. The lowest BCUT2D eigenvalue weighted by Crippen LogP contribution is -2.17. The number of hydrogen-bond donors (Lipinski definition) is 0. The Morgan fingerprint density at radius 1 is 1.06 bits per heavy atom. The quantitative estimate of drug-likeness (QED) is 0.563. The van der Waals surface area contributed by atoms with Gasteiger partial charge in [-0.25, -0.2) is 9.07 Å². The van der Waals surface area contributed by atoms with Crippen LogP contribution in [0, 0.1) is 5.82 Å². The van der Waals surface area contributed by atoms with Crippen LogP contribution in [0.15, 0.2) is 57.9 Å². The fourth-order valence-corrected chi connectivity index (χ4v) is 4.42. The summed E-state index contributed by atoms with van der Waals surface area (Å²) in [5, 5.41) is 6.70. The van der Waals surface area contributed by atoms with Crippen LogP contribution in [0.25, 0.3) is 11.3 Å². The molecule has 6 nitrogen and oxygen atoms in total. The molecule has 0 aliphatic carbocycles. The van der Waals surface area contributed by atoms with Gasteiger partial charge < -0.3 is 14.2 Å². The van der Waals surface area contributed by atoms with Crippen molar-refractivity contribution in [2.45, 2.75) is 18.9 Å². The van der Waals surface area contributed by atoms with Crippen LogP contribution >= 0.6 is 11.3 Å². The van der Waals surface area contributed by atoms with Crippen molar-refractivity contribution in [1.82, 2.24) is 4.68 Å². The lowest BCUT2D eigenvalue weighted by atomic mass is 10.2. The predicted molar refractivity (Wildman–Crippen MR) is 118 cm³/mol. The van der Waals surface area contributed by atoms with Gasteiger partial charge in [-0.1, -0.05) is 0 Å². The van der Waals surface area contributed by atoms with Gasteiger partial charge in [0, 0.05) is 17.6 Å². The molecule has 160 valence electrons. The molecule has 0 amide bonds. The molecule has 3 heterocycles. The number of ether oxygens (including phenoxy) is 3. The third kappa shape index (κ3) is 4.55. The van der Waals surface area contributed by atoms with E-state index in [1.54, 1.807) is 23.0 Å². The van der Waals surface area contributed by atoms with Crippen molar-refractivity contribution in [1.29, 1.82) is 0 Å². The molecule has 1 aromatic heterocycles. The summed E-state index contributed by atoms with van der Waals surface area (Å²) >= 11 is 1.51. The zero-order valence-corrected chi connectivity index (χ0v) is 17.7. The fraction of sp³-hybridized carbons (Fsp3) is 0.304. The summed E-state index contributed by atoms with van der Waals surface area (Å²) in [5.41, 5.74) is 2.61. The summed E-state index contributed by atoms with van der Waals surface area (Å²) in [6.07, 6.45) is 4.03.